The van der Waals surface area contributed by atoms with Crippen LogP contribution in [0.4, 0.5) is 0 Å². The summed E-state index contributed by atoms with van der Waals surface area (Å²) in [6.07, 6.45) is 8.03. The van der Waals surface area contributed by atoms with Crippen LogP contribution in [-0.2, 0) is 11.2 Å². The number of halogens is 1. The highest BCUT2D eigenvalue weighted by Crippen LogP contribution is 2.33. The highest BCUT2D eigenvalue weighted by Gasteiger charge is 2.25. The van der Waals surface area contributed by atoms with Gasteiger partial charge in [0.05, 0.1) is 11.0 Å². The van der Waals surface area contributed by atoms with Gasteiger partial charge in [0.2, 0.25) is 0 Å². The van der Waals surface area contributed by atoms with Gasteiger partial charge < -0.3 is 14.1 Å². The Morgan fingerprint density at radius 3 is 2.51 bits per heavy atom. The molecule has 190 valence electrons. The van der Waals surface area contributed by atoms with Crippen molar-refractivity contribution in [3.05, 3.63) is 65.5 Å². The van der Waals surface area contributed by atoms with Crippen LogP contribution in [0.3, 0.4) is 0 Å². The molecule has 3 rings (SSSR count). The van der Waals surface area contributed by atoms with E-state index < -0.39 is 0 Å². The number of piperidine rings is 1. The highest BCUT2D eigenvalue weighted by atomic mass is 127. The molecule has 1 aliphatic heterocycles. The first-order valence-electron chi connectivity index (χ1n) is 13.0. The van der Waals surface area contributed by atoms with Crippen molar-refractivity contribution in [2.75, 3.05) is 26.2 Å². The summed E-state index contributed by atoms with van der Waals surface area (Å²) >= 11 is 2.32. The number of likely N-dealkylation sites (tertiary alicyclic amines) is 1. The van der Waals surface area contributed by atoms with Crippen LogP contribution in [0.25, 0.3) is 11.0 Å². The lowest BCUT2D eigenvalue weighted by molar-refractivity contribution is 0.209. The molecule has 1 aromatic heterocycles. The van der Waals surface area contributed by atoms with Gasteiger partial charge in [-0.3, -0.25) is 0 Å². The Kier molecular flexibility index (Phi) is 10.3. The minimum Gasteiger partial charge on any atom is -0.424 e. The molecule has 0 atom stereocenters. The summed E-state index contributed by atoms with van der Waals surface area (Å²) in [5.41, 5.74) is 6.40. The molecule has 0 saturated carbocycles. The minimum atomic E-state index is 0.0513. The Balaban J connectivity index is 1.58. The molecule has 0 N–H and O–H groups in total. The van der Waals surface area contributed by atoms with Crippen LogP contribution >= 0.6 is 22.4 Å². The van der Waals surface area contributed by atoms with Gasteiger partial charge in [0.15, 0.2) is 0 Å². The van der Waals surface area contributed by atoms with Crippen molar-refractivity contribution in [3.8, 4) is 0 Å². The number of aromatic nitrogens is 2. The molecule has 4 nitrogen and oxygen atoms in total. The number of nitrogens with zero attached hydrogens (tertiary/aromatic N) is 3. The summed E-state index contributed by atoms with van der Waals surface area (Å²) in [6, 6.07) is 8.52. The van der Waals surface area contributed by atoms with Crippen molar-refractivity contribution in [2.24, 2.45) is 5.41 Å². The van der Waals surface area contributed by atoms with Crippen LogP contribution < -0.4 is 0 Å². The number of fused-ring (bicyclic) bond motifs is 1. The van der Waals surface area contributed by atoms with E-state index in [-0.39, 0.29) is 10.2 Å². The van der Waals surface area contributed by atoms with Crippen LogP contribution in [0.1, 0.15) is 65.6 Å². The van der Waals surface area contributed by atoms with Gasteiger partial charge in [0.25, 0.3) is 0 Å². The van der Waals surface area contributed by atoms with E-state index in [0.717, 1.165) is 44.7 Å². The van der Waals surface area contributed by atoms with E-state index in [9.17, 15) is 0 Å². The topological polar surface area (TPSA) is 30.3 Å². The zero-order chi connectivity index (χ0) is 25.6. The molecule has 0 bridgehead atoms. The zero-order valence-corrected chi connectivity index (χ0v) is 24.8. The number of benzene rings is 1. The van der Waals surface area contributed by atoms with Crippen molar-refractivity contribution in [3.63, 3.8) is 0 Å². The number of hydrogen-bond acceptors (Lipinski definition) is 3. The Labute approximate surface area is 226 Å². The van der Waals surface area contributed by atoms with E-state index in [4.69, 9.17) is 9.64 Å². The van der Waals surface area contributed by atoms with Gasteiger partial charge >= 0.3 is 4.77 Å². The number of imidazole rings is 1. The van der Waals surface area contributed by atoms with E-state index in [2.05, 4.69) is 116 Å². The second-order valence-corrected chi connectivity index (χ2v) is 12.4. The summed E-state index contributed by atoms with van der Waals surface area (Å²) in [5.74, 6) is 1.76. The summed E-state index contributed by atoms with van der Waals surface area (Å²) < 4.78 is 8.49. The molecule has 2 aromatic rings. The predicted octanol–water partition coefficient (Wildman–Crippen LogP) is 7.67. The number of rotatable bonds is 11. The molecule has 1 fully saturated rings. The van der Waals surface area contributed by atoms with Crippen LogP contribution in [0, 0.1) is 5.41 Å². The van der Waals surface area contributed by atoms with Crippen LogP contribution in [0.5, 0.6) is 0 Å². The summed E-state index contributed by atoms with van der Waals surface area (Å²) in [4.78, 5) is 7.69. The van der Waals surface area contributed by atoms with E-state index in [1.165, 1.54) is 40.9 Å². The summed E-state index contributed by atoms with van der Waals surface area (Å²) in [7, 11) is 0. The molecule has 0 spiro atoms. The summed E-state index contributed by atoms with van der Waals surface area (Å²) in [6.45, 7) is 22.3. The van der Waals surface area contributed by atoms with Gasteiger partial charge in [-0.15, -0.1) is 22.4 Å². The Hall–Kier alpha value is -1.38. The molecular formula is C29H43BIN3O. The maximum absolute atomic E-state index is 5.86. The maximum atomic E-state index is 5.86. The van der Waals surface area contributed by atoms with Crippen molar-refractivity contribution >= 4 is 38.2 Å². The molecule has 0 aliphatic carbocycles. The lowest BCUT2D eigenvalue weighted by Crippen LogP contribution is -2.34. The van der Waals surface area contributed by atoms with Crippen LogP contribution in [0.2, 0.25) is 6.82 Å². The fourth-order valence-corrected chi connectivity index (χ4v) is 4.85. The van der Waals surface area contributed by atoms with Crippen molar-refractivity contribution < 1.29 is 4.65 Å². The number of allylic oxidation sites excluding steroid dienone is 4. The molecule has 0 unspecified atom stereocenters. The third-order valence-electron chi connectivity index (χ3n) is 7.79. The van der Waals surface area contributed by atoms with E-state index in [1.54, 1.807) is 0 Å². The molecule has 35 heavy (non-hydrogen) atoms. The van der Waals surface area contributed by atoms with Crippen molar-refractivity contribution in [1.82, 2.24) is 14.5 Å². The first-order valence-corrected chi connectivity index (χ1v) is 14.3. The second kappa shape index (κ2) is 12.7. The van der Waals surface area contributed by atoms with E-state index in [1.807, 2.05) is 0 Å². The van der Waals surface area contributed by atoms with Gasteiger partial charge in [0.1, 0.15) is 5.82 Å². The van der Waals surface area contributed by atoms with Crippen LogP contribution in [-0.4, -0.2) is 45.5 Å². The smallest absolute Gasteiger partial charge is 0.361 e. The normalized spacial score (nSPS) is 16.8. The molecule has 6 heteroatoms. The van der Waals surface area contributed by atoms with Gasteiger partial charge in [-0.05, 0) is 72.1 Å². The van der Waals surface area contributed by atoms with E-state index >= 15 is 0 Å². The first kappa shape index (κ1) is 28.2. The minimum absolute atomic E-state index is 0.0513. The quantitative estimate of drug-likeness (QED) is 0.117. The molecule has 1 saturated heterocycles. The van der Waals surface area contributed by atoms with Crippen molar-refractivity contribution in [1.29, 1.82) is 0 Å². The summed E-state index contributed by atoms with van der Waals surface area (Å²) in [5, 5.41) is 0. The Morgan fingerprint density at radius 1 is 1.17 bits per heavy atom. The highest BCUT2D eigenvalue weighted by molar-refractivity contribution is 14.1. The van der Waals surface area contributed by atoms with Gasteiger partial charge in [-0.2, -0.15) is 0 Å². The molecular weight excluding hydrogens is 544 g/mol. The molecule has 0 amide bonds. The monoisotopic (exact) mass is 587 g/mol. The molecule has 1 aromatic carbocycles. The maximum Gasteiger partial charge on any atom is 0.361 e. The standard InChI is InChI=1S/C29H43BIN3O/c1-22(2)29(5,6)24(4)13-12-23(3)14-17-33-18-15-25(16-19-33)28-32-26-10-8-9-11-27(26)34(28)20-21-35-30(7)31/h8-13,25H,1,14-21H2,2-7H3/b23-12+,24-13+. The zero-order valence-electron chi connectivity index (χ0n) is 22.6. The molecule has 0 radical (unpaired) electrons. The fraction of sp³-hybridized carbons (Fsp3) is 0.552. The third kappa shape index (κ3) is 7.56. The lowest BCUT2D eigenvalue weighted by atomic mass is 9.79. The Bertz CT molecular complexity index is 1060. The SMILES string of the molecule is C=C(C)C(C)(C)/C(C)=C/C=C(\C)CCN1CCC(c2nc3ccccc3n2CCOB(C)I)CC1. The van der Waals surface area contributed by atoms with Gasteiger partial charge in [-0.25, -0.2) is 4.98 Å². The largest absolute Gasteiger partial charge is 0.424 e. The average Bonchev–Trinajstić information content (AvgIpc) is 3.19. The first-order chi connectivity index (χ1) is 16.6. The van der Waals surface area contributed by atoms with Gasteiger partial charge in [0, 0.05) is 31.0 Å². The number of hydrogen-bond donors (Lipinski definition) is 0. The predicted molar refractivity (Wildman–Crippen MR) is 160 cm³/mol. The van der Waals surface area contributed by atoms with E-state index in [0.29, 0.717) is 5.92 Å². The fourth-order valence-electron chi connectivity index (χ4n) is 4.59. The number of para-hydroxylation sites is 2. The third-order valence-corrected chi connectivity index (χ3v) is 8.15. The van der Waals surface area contributed by atoms with Crippen LogP contribution in [0.15, 0.2) is 59.7 Å². The molecule has 2 heterocycles. The average molecular weight is 587 g/mol. The van der Waals surface area contributed by atoms with Gasteiger partial charge in [-0.1, -0.05) is 61.4 Å². The second-order valence-electron chi connectivity index (χ2n) is 10.7. The van der Waals surface area contributed by atoms with Crippen molar-refractivity contribution in [2.45, 2.75) is 73.2 Å². The lowest BCUT2D eigenvalue weighted by Gasteiger charge is -2.32. The Morgan fingerprint density at radius 2 is 1.86 bits per heavy atom. The molecule has 1 aliphatic rings.